The van der Waals surface area contributed by atoms with Gasteiger partial charge in [0.1, 0.15) is 40.3 Å². The van der Waals surface area contributed by atoms with Gasteiger partial charge < -0.3 is 94.7 Å². The molecule has 0 saturated carbocycles. The van der Waals surface area contributed by atoms with Crippen LogP contribution in [-0.2, 0) is 28.4 Å². The lowest BCUT2D eigenvalue weighted by atomic mass is 10.1. The van der Waals surface area contributed by atoms with Crippen molar-refractivity contribution in [2.24, 2.45) is 0 Å². The number of benzene rings is 12. The van der Waals surface area contributed by atoms with Crippen molar-refractivity contribution in [1.29, 1.82) is 0 Å². The van der Waals surface area contributed by atoms with Gasteiger partial charge in [0.2, 0.25) is 0 Å². The number of carbonyl (C=O) groups excluding carboxylic acids is 6. The van der Waals surface area contributed by atoms with Crippen LogP contribution in [0.1, 0.15) is 115 Å². The Morgan fingerprint density at radius 3 is 0.885 bits per heavy atom. The van der Waals surface area contributed by atoms with Crippen LogP contribution in [0.3, 0.4) is 0 Å². The molecule has 12 aromatic carbocycles. The van der Waals surface area contributed by atoms with E-state index in [-0.39, 0.29) is 92.6 Å². The van der Waals surface area contributed by atoms with Crippen molar-refractivity contribution in [1.82, 2.24) is 0 Å². The summed E-state index contributed by atoms with van der Waals surface area (Å²) in [6, 6.07) is 68.7. The van der Waals surface area contributed by atoms with Crippen molar-refractivity contribution in [2.75, 3.05) is 140 Å². The highest BCUT2D eigenvalue weighted by atomic mass is 31.1. The highest BCUT2D eigenvalue weighted by molar-refractivity contribution is 7.57. The SMILES string of the molecule is COCOc1c(OC)cc(OC)cc1Pc1ccc(F)cc1C(C)=O.COCOc1c(OC)cc(OC)cc1Pc1ccccc1C(C)=O.COCOc1c(OC)cccc1Pc1c(C)cccc1C(C)=O.COCOc1c(OC)cccc1Pc1ccccc1C(C)=O.COCOc1ccc(OC)cc1Pc1ccc(C)cc1C(C)=O.COCOc1ccc(OC)cc1Pc1ccccc1C(C)=O. The summed E-state index contributed by atoms with van der Waals surface area (Å²) in [4.78, 5) is 71.1. The van der Waals surface area contributed by atoms with Gasteiger partial charge in [0.05, 0.1) is 56.9 Å². The lowest BCUT2D eigenvalue weighted by molar-refractivity contribution is 0.0498. The molecule has 26 nitrogen and oxygen atoms in total. The number of ketones is 6. The molecule has 0 amide bonds. The van der Waals surface area contributed by atoms with Crippen LogP contribution in [0.2, 0.25) is 0 Å². The van der Waals surface area contributed by atoms with E-state index < -0.39 is 5.82 Å². The number of hydrogen-bond donors (Lipinski definition) is 0. The molecule has 12 rings (SSSR count). The number of hydrogen-bond acceptors (Lipinski definition) is 26. The van der Waals surface area contributed by atoms with Crippen molar-refractivity contribution >= 4 is 150 Å². The maximum atomic E-state index is 13.5. The summed E-state index contributed by atoms with van der Waals surface area (Å²) in [5.41, 5.74) is 6.20. The zero-order chi connectivity index (χ0) is 101. The highest BCUT2D eigenvalue weighted by Gasteiger charge is 2.24. The average molecular weight is 2020 g/mol. The van der Waals surface area contributed by atoms with E-state index in [0.717, 1.165) is 115 Å². The van der Waals surface area contributed by atoms with Crippen molar-refractivity contribution in [3.63, 3.8) is 0 Å². The van der Waals surface area contributed by atoms with E-state index >= 15 is 0 Å². The molecule has 0 aliphatic heterocycles. The minimum absolute atomic E-state index is 0.0346. The van der Waals surface area contributed by atoms with Crippen LogP contribution in [0.15, 0.2) is 224 Å². The second-order valence-corrected chi connectivity index (χ2v) is 37.5. The number of carbonyl (C=O) groups is 6. The summed E-state index contributed by atoms with van der Waals surface area (Å²) in [6.07, 6.45) is 0. The molecule has 12 aromatic rings. The molecule has 0 radical (unpaired) electrons. The third kappa shape index (κ3) is 35.2. The summed E-state index contributed by atoms with van der Waals surface area (Å²) in [5.74, 6) is 8.67. The molecule has 0 saturated heterocycles. The minimum atomic E-state index is -0.446. The number of para-hydroxylation sites is 2. The second kappa shape index (κ2) is 60.9. The molecule has 6 unspecified atom stereocenters. The van der Waals surface area contributed by atoms with E-state index in [4.69, 9.17) is 94.7 Å². The summed E-state index contributed by atoms with van der Waals surface area (Å²) in [6.45, 7) is 14.1. The van der Waals surface area contributed by atoms with Crippen molar-refractivity contribution < 1.29 is 128 Å². The summed E-state index contributed by atoms with van der Waals surface area (Å²) in [5, 5.41) is 11.2. The molecule has 6 atom stereocenters. The van der Waals surface area contributed by atoms with Gasteiger partial charge in [-0.05, 0) is 172 Å². The Balaban J connectivity index is 0.000000227. The minimum Gasteiger partial charge on any atom is -0.497 e. The normalized spacial score (nSPS) is 10.9. The van der Waals surface area contributed by atoms with Crippen LogP contribution in [0.5, 0.6) is 80.5 Å². The summed E-state index contributed by atoms with van der Waals surface area (Å²) in [7, 11) is 23.5. The maximum absolute atomic E-state index is 13.5. The fourth-order valence-corrected chi connectivity index (χ4v) is 21.3. The van der Waals surface area contributed by atoms with Gasteiger partial charge >= 0.3 is 0 Å². The first-order valence-corrected chi connectivity index (χ1v) is 48.9. The molecule has 0 spiro atoms. The number of methoxy groups -OCH3 is 14. The van der Waals surface area contributed by atoms with Crippen molar-refractivity contribution in [3.8, 4) is 80.5 Å². The van der Waals surface area contributed by atoms with Gasteiger partial charge in [-0.25, -0.2) is 4.39 Å². The standard InChI is InChI=1S/C18H20FO5P.C18H21O5P.2C18H21O4P.2C17H19O4P/c1-11(20)14-7-12(19)5-6-16(14)25-17-9-13(22-3)8-15(23-4)18(17)24-10-21-2;1-12(19)14-7-5-6-8-16(14)24-17-10-13(21-3)9-15(22-4)18(17)23-11-20-2;1-12-5-8-17(15(9-12)13(2)19)23-18-10-14(21-4)6-7-16(18)22-11-20-3;1-12-7-5-8-14(13(2)19)18(12)23-16-10-6-9-15(21-4)17(16)22-11-20-3;1-12(18)13-7-4-5-9-15(13)22-16-10-6-8-14(20-3)17(16)21-11-19-2;1-12(18)14-6-4-5-7-16(14)22-17-10-13(20-3)8-9-15(17)21-11-19-2/h5-9,25H,10H2,1-4H3;5-10,24H,11H2,1-4H3;2*5-10,23H,11H2,1-4H3;2*4-10,22H,11H2,1-3H3. The number of Topliss-reactive ketones (excluding diaryl/α,β-unsaturated/α-hetero) is 6. The fourth-order valence-electron chi connectivity index (χ4n) is 13.1. The third-order valence-electron chi connectivity index (χ3n) is 19.8. The van der Waals surface area contributed by atoms with E-state index in [2.05, 4.69) is 0 Å². The van der Waals surface area contributed by atoms with E-state index in [0.29, 0.717) is 108 Å². The molecule has 33 heteroatoms. The molecule has 0 aromatic heterocycles. The number of rotatable bonds is 44. The molecule has 0 aliphatic rings. The van der Waals surface area contributed by atoms with Crippen LogP contribution in [0.4, 0.5) is 4.39 Å². The van der Waals surface area contributed by atoms with Gasteiger partial charge in [-0.1, -0.05) is 191 Å². The van der Waals surface area contributed by atoms with E-state index in [9.17, 15) is 33.2 Å². The Bertz CT molecular complexity index is 5990. The quantitative estimate of drug-likeness (QED) is 0.0195. The number of halogens is 1. The Morgan fingerprint density at radius 1 is 0.230 bits per heavy atom. The first-order chi connectivity index (χ1) is 67.0. The van der Waals surface area contributed by atoms with Gasteiger partial charge in [0.25, 0.3) is 0 Å². The van der Waals surface area contributed by atoms with Crippen LogP contribution in [-0.4, -0.2) is 175 Å². The zero-order valence-corrected chi connectivity index (χ0v) is 88.1. The largest absolute Gasteiger partial charge is 0.497 e. The molecule has 139 heavy (non-hydrogen) atoms. The van der Waals surface area contributed by atoms with E-state index in [1.807, 2.05) is 202 Å². The first kappa shape index (κ1) is 114. The molecule has 0 aliphatic carbocycles. The summed E-state index contributed by atoms with van der Waals surface area (Å²) >= 11 is 0. The van der Waals surface area contributed by atoms with Crippen LogP contribution in [0.25, 0.3) is 0 Å². The maximum Gasteiger partial charge on any atom is 0.188 e. The summed E-state index contributed by atoms with van der Waals surface area (Å²) < 4.78 is 120. The van der Waals surface area contributed by atoms with Crippen LogP contribution < -0.4 is 130 Å². The van der Waals surface area contributed by atoms with Gasteiger partial charge in [-0.15, -0.1) is 0 Å². The van der Waals surface area contributed by atoms with Crippen molar-refractivity contribution in [3.05, 3.63) is 275 Å². The van der Waals surface area contributed by atoms with Crippen LogP contribution in [0, 0.1) is 19.7 Å². The van der Waals surface area contributed by atoms with E-state index in [1.54, 1.807) is 144 Å². The fraction of sp³-hybridized carbons (Fsp3) is 0.264. The number of aryl methyl sites for hydroxylation is 2. The Labute approximate surface area is 823 Å². The zero-order valence-electron chi connectivity index (χ0n) is 82.1. The predicted molar refractivity (Wildman–Crippen MR) is 560 cm³/mol. The number of ether oxygens (including phenoxy) is 20. The van der Waals surface area contributed by atoms with Gasteiger partial charge in [-0.3, -0.25) is 28.8 Å². The average Bonchev–Trinajstić information content (AvgIpc) is 0.799. The monoisotopic (exact) mass is 2010 g/mol. The molecule has 0 fully saturated rings. The molecule has 0 N–H and O–H groups in total. The smallest absolute Gasteiger partial charge is 0.188 e. The van der Waals surface area contributed by atoms with Gasteiger partial charge in [-0.2, -0.15) is 0 Å². The van der Waals surface area contributed by atoms with Crippen LogP contribution >= 0.6 is 51.5 Å². The first-order valence-electron chi connectivity index (χ1n) is 42.9. The molecular weight excluding hydrogens is 1890 g/mol. The molecule has 738 valence electrons. The highest BCUT2D eigenvalue weighted by Crippen LogP contribution is 2.39. The Kier molecular flexibility index (Phi) is 50.0. The van der Waals surface area contributed by atoms with Gasteiger partial charge in [0.15, 0.2) is 121 Å². The molecule has 0 heterocycles. The van der Waals surface area contributed by atoms with E-state index in [1.165, 1.54) is 33.3 Å². The molecular formula is C106H121FO26P6. The second-order valence-electron chi connectivity index (χ2n) is 29.6. The Hall–Kier alpha value is -11.9. The lowest BCUT2D eigenvalue weighted by Gasteiger charge is -2.17. The van der Waals surface area contributed by atoms with Gasteiger partial charge in [0, 0.05) is 120 Å². The lowest BCUT2D eigenvalue weighted by Crippen LogP contribution is -2.17. The molecule has 0 bridgehead atoms. The van der Waals surface area contributed by atoms with Crippen molar-refractivity contribution in [2.45, 2.75) is 55.4 Å². The third-order valence-corrected chi connectivity index (χ3v) is 28.1. The topological polar surface area (TPSA) is 287 Å². The predicted octanol–water partition coefficient (Wildman–Crippen LogP) is 15.8. The Morgan fingerprint density at radius 2 is 0.525 bits per heavy atom.